The molecule has 2 atom stereocenters. The fourth-order valence-electron chi connectivity index (χ4n) is 2.71. The molecule has 0 aliphatic heterocycles. The summed E-state index contributed by atoms with van der Waals surface area (Å²) in [6.07, 6.45) is 0.0602. The maximum atomic E-state index is 12.1. The molecule has 12 nitrogen and oxygen atoms in total. The highest BCUT2D eigenvalue weighted by Gasteiger charge is 2.24. The number of aliphatic carboxylic acids is 3. The first-order valence-corrected chi connectivity index (χ1v) is 9.95. The molecule has 32 heavy (non-hydrogen) atoms. The van der Waals surface area contributed by atoms with Crippen molar-refractivity contribution < 1.29 is 39.3 Å². The normalized spacial score (nSPS) is 12.3. The Morgan fingerprint density at radius 3 is 1.91 bits per heavy atom. The number of hydrogen-bond acceptors (Lipinski definition) is 6. The molecular weight excluding hydrogens is 424 g/mol. The second-order valence-corrected chi connectivity index (χ2v) is 6.98. The van der Waals surface area contributed by atoms with Crippen molar-refractivity contribution in [2.24, 2.45) is 5.73 Å². The van der Waals surface area contributed by atoms with Gasteiger partial charge in [-0.1, -0.05) is 12.1 Å². The molecule has 0 fully saturated rings. The zero-order valence-corrected chi connectivity index (χ0v) is 17.4. The van der Waals surface area contributed by atoms with E-state index < -0.39 is 42.4 Å². The molecule has 0 bridgehead atoms. The van der Waals surface area contributed by atoms with Gasteiger partial charge in [-0.15, -0.1) is 0 Å². The van der Waals surface area contributed by atoms with Crippen LogP contribution in [-0.4, -0.2) is 63.8 Å². The predicted molar refractivity (Wildman–Crippen MR) is 112 cm³/mol. The summed E-state index contributed by atoms with van der Waals surface area (Å²) < 4.78 is 0. The molecule has 0 aliphatic carbocycles. The van der Waals surface area contributed by atoms with E-state index in [2.05, 4.69) is 16.0 Å². The Bertz CT molecular complexity index is 812. The minimum atomic E-state index is -1.46. The number of rotatable bonds is 14. The lowest BCUT2D eigenvalue weighted by Crippen LogP contribution is -2.51. The Kier molecular flexibility index (Phi) is 11.2. The summed E-state index contributed by atoms with van der Waals surface area (Å²) in [5.41, 5.74) is 6.88. The Morgan fingerprint density at radius 2 is 1.41 bits per heavy atom. The van der Waals surface area contributed by atoms with Gasteiger partial charge in [-0.25, -0.2) is 14.4 Å². The molecule has 0 spiro atoms. The van der Waals surface area contributed by atoms with Crippen molar-refractivity contribution in [3.05, 3.63) is 35.4 Å². The molecule has 12 heteroatoms. The summed E-state index contributed by atoms with van der Waals surface area (Å²) in [5, 5.41) is 33.9. The molecule has 8 N–H and O–H groups in total. The summed E-state index contributed by atoms with van der Waals surface area (Å²) in [6, 6.07) is 3.05. The number of benzene rings is 1. The molecular formula is C20H28N4O8. The first-order chi connectivity index (χ1) is 15.1. The first kappa shape index (κ1) is 26.4. The quantitative estimate of drug-likeness (QED) is 0.191. The monoisotopic (exact) mass is 452 g/mol. The van der Waals surface area contributed by atoms with Crippen molar-refractivity contribution in [2.45, 2.75) is 50.7 Å². The van der Waals surface area contributed by atoms with Crippen LogP contribution in [0, 0.1) is 0 Å². The number of nitrogens with one attached hydrogen (secondary N) is 3. The topological polar surface area (TPSA) is 208 Å². The van der Waals surface area contributed by atoms with Gasteiger partial charge in [0.05, 0.1) is 0 Å². The summed E-state index contributed by atoms with van der Waals surface area (Å²) in [5.74, 6) is -4.23. The molecule has 0 saturated carbocycles. The number of carboxylic acids is 3. The molecule has 0 saturated heterocycles. The molecule has 1 rings (SSSR count). The van der Waals surface area contributed by atoms with E-state index in [-0.39, 0.29) is 18.7 Å². The number of urea groups is 1. The predicted octanol–water partition coefficient (Wildman–Crippen LogP) is 0.116. The van der Waals surface area contributed by atoms with Crippen LogP contribution < -0.4 is 21.7 Å². The van der Waals surface area contributed by atoms with Gasteiger partial charge in [-0.2, -0.15) is 0 Å². The molecule has 1 aromatic carbocycles. The van der Waals surface area contributed by atoms with Crippen LogP contribution in [0.25, 0.3) is 0 Å². The Morgan fingerprint density at radius 1 is 0.844 bits per heavy atom. The van der Waals surface area contributed by atoms with Gasteiger partial charge in [0.15, 0.2) is 0 Å². The van der Waals surface area contributed by atoms with E-state index in [9.17, 15) is 29.1 Å². The lowest BCUT2D eigenvalue weighted by Gasteiger charge is -2.18. The largest absolute Gasteiger partial charge is 0.481 e. The van der Waals surface area contributed by atoms with Crippen molar-refractivity contribution in [1.82, 2.24) is 16.0 Å². The van der Waals surface area contributed by atoms with E-state index in [1.165, 1.54) is 0 Å². The average Bonchev–Trinajstić information content (AvgIpc) is 2.74. The molecule has 0 heterocycles. The molecule has 3 amide bonds. The van der Waals surface area contributed by atoms with Crippen molar-refractivity contribution in [2.75, 3.05) is 6.54 Å². The third-order valence-corrected chi connectivity index (χ3v) is 4.51. The number of amides is 3. The number of nitrogens with two attached hydrogens (primary N) is 1. The minimum Gasteiger partial charge on any atom is -0.481 e. The molecule has 0 radical (unpaired) electrons. The fraction of sp³-hybridized carbons (Fsp3) is 0.450. The van der Waals surface area contributed by atoms with Gasteiger partial charge >= 0.3 is 23.9 Å². The molecule has 0 unspecified atom stereocenters. The highest BCUT2D eigenvalue weighted by molar-refractivity contribution is 5.94. The highest BCUT2D eigenvalue weighted by atomic mass is 16.4. The zero-order chi connectivity index (χ0) is 24.1. The number of carboxylic acid groups (broad SMARTS) is 3. The maximum Gasteiger partial charge on any atom is 0.326 e. The summed E-state index contributed by atoms with van der Waals surface area (Å²) in [7, 11) is 0. The van der Waals surface area contributed by atoms with Gasteiger partial charge in [0, 0.05) is 25.1 Å². The molecule has 0 aliphatic rings. The third-order valence-electron chi connectivity index (χ3n) is 4.51. The number of carbonyl (C=O) groups is 5. The molecule has 176 valence electrons. The number of carbonyl (C=O) groups excluding carboxylic acids is 2. The Balaban J connectivity index is 2.41. The van der Waals surface area contributed by atoms with Crippen LogP contribution in [0.4, 0.5) is 4.79 Å². The Labute approximate surface area is 184 Å². The smallest absolute Gasteiger partial charge is 0.326 e. The van der Waals surface area contributed by atoms with Crippen molar-refractivity contribution in [3.63, 3.8) is 0 Å². The van der Waals surface area contributed by atoms with Crippen LogP contribution >= 0.6 is 0 Å². The summed E-state index contributed by atoms with van der Waals surface area (Å²) in [4.78, 5) is 57.0. The van der Waals surface area contributed by atoms with E-state index in [0.29, 0.717) is 31.5 Å². The average molecular weight is 452 g/mol. The number of unbranched alkanes of at least 4 members (excludes halogenated alkanes) is 1. The van der Waals surface area contributed by atoms with E-state index in [1.54, 1.807) is 24.3 Å². The van der Waals surface area contributed by atoms with E-state index >= 15 is 0 Å². The first-order valence-electron chi connectivity index (χ1n) is 9.95. The van der Waals surface area contributed by atoms with Crippen LogP contribution in [0.5, 0.6) is 0 Å². The van der Waals surface area contributed by atoms with Crippen LogP contribution in [0.2, 0.25) is 0 Å². The van der Waals surface area contributed by atoms with Crippen LogP contribution in [-0.2, 0) is 20.9 Å². The van der Waals surface area contributed by atoms with E-state index in [0.717, 1.165) is 5.56 Å². The second-order valence-electron chi connectivity index (χ2n) is 6.98. The van der Waals surface area contributed by atoms with Gasteiger partial charge in [-0.05, 0) is 43.4 Å². The van der Waals surface area contributed by atoms with Gasteiger partial charge in [-0.3, -0.25) is 9.59 Å². The van der Waals surface area contributed by atoms with Crippen molar-refractivity contribution in [3.8, 4) is 0 Å². The lowest BCUT2D eigenvalue weighted by atomic mass is 10.1. The molecule has 1 aromatic rings. The van der Waals surface area contributed by atoms with Crippen molar-refractivity contribution >= 4 is 29.8 Å². The van der Waals surface area contributed by atoms with Gasteiger partial charge < -0.3 is 37.0 Å². The number of hydrogen-bond donors (Lipinski definition) is 7. The maximum absolute atomic E-state index is 12.1. The standard InChI is InChI=1S/C20H28N4O8/c21-11-12-4-6-13(7-5-12)17(27)22-10-2-1-3-14(18(28)29)23-20(32)24-15(19(30)31)8-9-16(25)26/h4-7,14-15H,1-3,8-11,21H2,(H,22,27)(H,25,26)(H,28,29)(H,30,31)(H2,23,24,32)/t14-,15-/m0/s1. The van der Waals surface area contributed by atoms with Crippen LogP contribution in [0.15, 0.2) is 24.3 Å². The van der Waals surface area contributed by atoms with E-state index in [1.807, 2.05) is 0 Å². The SMILES string of the molecule is NCc1ccc(C(=O)NCCCC[C@H](NC(=O)N[C@@H](CCC(=O)O)C(=O)O)C(=O)O)cc1. The third kappa shape index (κ3) is 9.89. The zero-order valence-electron chi connectivity index (χ0n) is 17.4. The van der Waals surface area contributed by atoms with Crippen LogP contribution in [0.1, 0.15) is 48.0 Å². The van der Waals surface area contributed by atoms with Crippen LogP contribution in [0.3, 0.4) is 0 Å². The highest BCUT2D eigenvalue weighted by Crippen LogP contribution is 2.05. The molecule has 0 aromatic heterocycles. The summed E-state index contributed by atoms with van der Waals surface area (Å²) >= 11 is 0. The fourth-order valence-corrected chi connectivity index (χ4v) is 2.71. The van der Waals surface area contributed by atoms with Gasteiger partial charge in [0.25, 0.3) is 5.91 Å². The Hall–Kier alpha value is -3.67. The van der Waals surface area contributed by atoms with E-state index in [4.69, 9.17) is 15.9 Å². The lowest BCUT2D eigenvalue weighted by molar-refractivity contribution is -0.140. The van der Waals surface area contributed by atoms with Gasteiger partial charge in [0.1, 0.15) is 12.1 Å². The minimum absolute atomic E-state index is 0.0523. The van der Waals surface area contributed by atoms with Gasteiger partial charge in [0.2, 0.25) is 0 Å². The van der Waals surface area contributed by atoms with Crippen molar-refractivity contribution in [1.29, 1.82) is 0 Å². The second kappa shape index (κ2) is 13.6. The summed E-state index contributed by atoms with van der Waals surface area (Å²) in [6.45, 7) is 0.671.